The lowest BCUT2D eigenvalue weighted by Crippen LogP contribution is -2.37. The number of methoxy groups -OCH3 is 1. The van der Waals surface area contributed by atoms with Crippen molar-refractivity contribution in [1.82, 2.24) is 10.2 Å². The van der Waals surface area contributed by atoms with Gasteiger partial charge in [-0.25, -0.2) is 8.42 Å². The molecular formula is C28H31N3O5S. The molecule has 0 aliphatic carbocycles. The fraction of sp³-hybridized carbons (Fsp3) is 0.286. The zero-order chi connectivity index (χ0) is 26.4. The van der Waals surface area contributed by atoms with Crippen LogP contribution in [0.2, 0.25) is 0 Å². The standard InChI is InChI=1S/C28H31N3O5S/c1-20(32)21-11-15-24(16-12-21)37(34,35)30-23-13-9-22(10-14-23)28(33)29-19-26(31-17-5-6-18-31)25-7-3-4-8-27(25)36-2/h3-4,7-16,26,30H,5-6,17-19H2,1-2H3,(H,29,33)/t26-/m0/s1. The summed E-state index contributed by atoms with van der Waals surface area (Å²) in [6.07, 6.45) is 2.25. The maximum Gasteiger partial charge on any atom is 0.261 e. The normalized spacial score (nSPS) is 14.6. The highest BCUT2D eigenvalue weighted by Crippen LogP contribution is 2.31. The number of likely N-dealkylation sites (tertiary alicyclic amines) is 1. The Morgan fingerprint density at radius 3 is 2.16 bits per heavy atom. The number of nitrogens with one attached hydrogen (secondary N) is 2. The van der Waals surface area contributed by atoms with Crippen LogP contribution in [0.3, 0.4) is 0 Å². The van der Waals surface area contributed by atoms with Crippen LogP contribution in [0.4, 0.5) is 5.69 Å². The summed E-state index contributed by atoms with van der Waals surface area (Å²) in [6, 6.07) is 19.8. The summed E-state index contributed by atoms with van der Waals surface area (Å²) in [4.78, 5) is 26.8. The highest BCUT2D eigenvalue weighted by Gasteiger charge is 2.26. The number of anilines is 1. The van der Waals surface area contributed by atoms with Gasteiger partial charge in [0.1, 0.15) is 5.75 Å². The van der Waals surface area contributed by atoms with Crippen LogP contribution in [0.15, 0.2) is 77.7 Å². The molecule has 3 aromatic carbocycles. The Kier molecular flexibility index (Phi) is 8.25. The van der Waals surface area contributed by atoms with Crippen molar-refractivity contribution in [3.8, 4) is 5.75 Å². The number of sulfonamides is 1. The van der Waals surface area contributed by atoms with E-state index in [9.17, 15) is 18.0 Å². The molecule has 1 aliphatic heterocycles. The summed E-state index contributed by atoms with van der Waals surface area (Å²) in [5, 5.41) is 3.03. The molecule has 1 heterocycles. The number of amides is 1. The van der Waals surface area contributed by atoms with Gasteiger partial charge in [0.25, 0.3) is 15.9 Å². The van der Waals surface area contributed by atoms with Gasteiger partial charge in [0.2, 0.25) is 0 Å². The van der Waals surface area contributed by atoms with E-state index < -0.39 is 10.0 Å². The van der Waals surface area contributed by atoms with E-state index in [1.807, 2.05) is 24.3 Å². The van der Waals surface area contributed by atoms with E-state index in [0.717, 1.165) is 37.2 Å². The number of hydrogen-bond acceptors (Lipinski definition) is 6. The van der Waals surface area contributed by atoms with Crippen molar-refractivity contribution in [1.29, 1.82) is 0 Å². The quantitative estimate of drug-likeness (QED) is 0.386. The summed E-state index contributed by atoms with van der Waals surface area (Å²) in [6.45, 7) is 3.77. The number of para-hydroxylation sites is 1. The predicted molar refractivity (Wildman–Crippen MR) is 143 cm³/mol. The molecule has 1 atom stereocenters. The average Bonchev–Trinajstić information content (AvgIpc) is 3.44. The molecule has 1 aliphatic rings. The van der Waals surface area contributed by atoms with Crippen molar-refractivity contribution in [2.45, 2.75) is 30.7 Å². The number of ether oxygens (including phenoxy) is 1. The van der Waals surface area contributed by atoms with E-state index in [1.165, 1.54) is 31.2 Å². The lowest BCUT2D eigenvalue weighted by atomic mass is 10.0. The van der Waals surface area contributed by atoms with Crippen LogP contribution in [0.1, 0.15) is 52.1 Å². The van der Waals surface area contributed by atoms with E-state index in [-0.39, 0.29) is 22.6 Å². The first-order valence-corrected chi connectivity index (χ1v) is 13.7. The molecule has 4 rings (SSSR count). The van der Waals surface area contributed by atoms with Crippen LogP contribution < -0.4 is 14.8 Å². The second-order valence-electron chi connectivity index (χ2n) is 8.97. The average molecular weight is 522 g/mol. The number of nitrogens with zero attached hydrogens (tertiary/aromatic N) is 1. The van der Waals surface area contributed by atoms with Crippen LogP contribution >= 0.6 is 0 Å². The largest absolute Gasteiger partial charge is 0.496 e. The Balaban J connectivity index is 1.42. The summed E-state index contributed by atoms with van der Waals surface area (Å²) < 4.78 is 33.5. The summed E-state index contributed by atoms with van der Waals surface area (Å²) >= 11 is 0. The van der Waals surface area contributed by atoms with Gasteiger partial charge in [0.15, 0.2) is 5.78 Å². The molecule has 0 radical (unpaired) electrons. The van der Waals surface area contributed by atoms with Gasteiger partial charge in [0.05, 0.1) is 18.0 Å². The Hall–Kier alpha value is -3.69. The van der Waals surface area contributed by atoms with Crippen molar-refractivity contribution in [2.75, 3.05) is 31.5 Å². The highest BCUT2D eigenvalue weighted by atomic mass is 32.2. The van der Waals surface area contributed by atoms with Gasteiger partial charge in [-0.3, -0.25) is 19.2 Å². The van der Waals surface area contributed by atoms with Crippen molar-refractivity contribution < 1.29 is 22.7 Å². The molecule has 0 bridgehead atoms. The minimum atomic E-state index is -3.84. The predicted octanol–water partition coefficient (Wildman–Crippen LogP) is 4.27. The van der Waals surface area contributed by atoms with Crippen LogP contribution in [0, 0.1) is 0 Å². The second-order valence-corrected chi connectivity index (χ2v) is 10.7. The number of Topliss-reactive ketones (excluding diaryl/α,β-unsaturated/α-hetero) is 1. The molecule has 8 nitrogen and oxygen atoms in total. The molecule has 1 fully saturated rings. The minimum Gasteiger partial charge on any atom is -0.496 e. The number of benzene rings is 3. The third-order valence-electron chi connectivity index (χ3n) is 6.51. The van der Waals surface area contributed by atoms with Crippen LogP contribution in [0.25, 0.3) is 0 Å². The van der Waals surface area contributed by atoms with E-state index >= 15 is 0 Å². The molecule has 37 heavy (non-hydrogen) atoms. The first-order chi connectivity index (χ1) is 17.8. The molecular weight excluding hydrogens is 490 g/mol. The minimum absolute atomic E-state index is 0.0110. The van der Waals surface area contributed by atoms with Gasteiger partial charge in [0, 0.05) is 28.9 Å². The molecule has 3 aromatic rings. The topological polar surface area (TPSA) is 105 Å². The van der Waals surface area contributed by atoms with E-state index in [4.69, 9.17) is 4.74 Å². The Bertz CT molecular complexity index is 1350. The van der Waals surface area contributed by atoms with Gasteiger partial charge in [-0.2, -0.15) is 0 Å². The lowest BCUT2D eigenvalue weighted by Gasteiger charge is -2.29. The third-order valence-corrected chi connectivity index (χ3v) is 7.90. The zero-order valence-electron chi connectivity index (χ0n) is 20.9. The summed E-state index contributed by atoms with van der Waals surface area (Å²) in [5.74, 6) is 0.412. The van der Waals surface area contributed by atoms with Crippen LogP contribution in [-0.4, -0.2) is 51.8 Å². The molecule has 1 amide bonds. The second kappa shape index (κ2) is 11.6. The number of carbonyl (C=O) groups is 2. The molecule has 0 unspecified atom stereocenters. The van der Waals surface area contributed by atoms with Crippen molar-refractivity contribution in [3.05, 3.63) is 89.5 Å². The molecule has 0 saturated carbocycles. The smallest absolute Gasteiger partial charge is 0.261 e. The Labute approximate surface area is 217 Å². The maximum absolute atomic E-state index is 12.9. The monoisotopic (exact) mass is 521 g/mol. The first-order valence-electron chi connectivity index (χ1n) is 12.2. The van der Waals surface area contributed by atoms with Crippen molar-refractivity contribution >= 4 is 27.4 Å². The van der Waals surface area contributed by atoms with Crippen molar-refractivity contribution in [2.24, 2.45) is 0 Å². The fourth-order valence-corrected chi connectivity index (χ4v) is 5.55. The van der Waals surface area contributed by atoms with Crippen LogP contribution in [-0.2, 0) is 10.0 Å². The zero-order valence-corrected chi connectivity index (χ0v) is 21.8. The maximum atomic E-state index is 12.9. The number of hydrogen-bond donors (Lipinski definition) is 2. The summed E-state index contributed by atoms with van der Waals surface area (Å²) in [7, 11) is -2.19. The molecule has 2 N–H and O–H groups in total. The van der Waals surface area contributed by atoms with Gasteiger partial charge >= 0.3 is 0 Å². The number of ketones is 1. The fourth-order valence-electron chi connectivity index (χ4n) is 4.49. The van der Waals surface area contributed by atoms with Gasteiger partial charge < -0.3 is 10.1 Å². The molecule has 0 spiro atoms. The van der Waals surface area contributed by atoms with E-state index in [0.29, 0.717) is 23.4 Å². The Morgan fingerprint density at radius 1 is 0.919 bits per heavy atom. The molecule has 1 saturated heterocycles. The van der Waals surface area contributed by atoms with Crippen molar-refractivity contribution in [3.63, 3.8) is 0 Å². The number of rotatable bonds is 10. The van der Waals surface area contributed by atoms with E-state index in [2.05, 4.69) is 14.9 Å². The SMILES string of the molecule is COc1ccccc1[C@H](CNC(=O)c1ccc(NS(=O)(=O)c2ccc(C(C)=O)cc2)cc1)N1CCCC1. The molecule has 0 aromatic heterocycles. The van der Waals surface area contributed by atoms with Gasteiger partial charge in [-0.1, -0.05) is 30.3 Å². The van der Waals surface area contributed by atoms with Crippen LogP contribution in [0.5, 0.6) is 5.75 Å². The van der Waals surface area contributed by atoms with Gasteiger partial charge in [-0.05, 0) is 75.3 Å². The first kappa shape index (κ1) is 26.4. The highest BCUT2D eigenvalue weighted by molar-refractivity contribution is 7.92. The number of carbonyl (C=O) groups excluding carboxylic acids is 2. The van der Waals surface area contributed by atoms with Gasteiger partial charge in [-0.15, -0.1) is 0 Å². The third kappa shape index (κ3) is 6.36. The molecule has 9 heteroatoms. The summed E-state index contributed by atoms with van der Waals surface area (Å²) in [5.41, 5.74) is 2.23. The molecule has 194 valence electrons. The van der Waals surface area contributed by atoms with E-state index in [1.54, 1.807) is 31.4 Å². The lowest BCUT2D eigenvalue weighted by molar-refractivity contribution is 0.0936. The Morgan fingerprint density at radius 2 is 1.54 bits per heavy atom.